The van der Waals surface area contributed by atoms with Crippen molar-refractivity contribution in [2.45, 2.75) is 12.5 Å². The molecule has 1 aliphatic rings. The first-order chi connectivity index (χ1) is 7.75. The minimum Gasteiger partial charge on any atom is -0.380 e. The van der Waals surface area contributed by atoms with Crippen molar-refractivity contribution in [1.82, 2.24) is 0 Å². The predicted molar refractivity (Wildman–Crippen MR) is 55.2 cm³/mol. The number of nitrogens with one attached hydrogen (secondary N) is 1. The third-order valence-electron chi connectivity index (χ3n) is 2.42. The molecular formula is C11H13F2NO2. The fourth-order valence-corrected chi connectivity index (χ4v) is 1.52. The second-order valence-electron chi connectivity index (χ2n) is 3.61. The van der Waals surface area contributed by atoms with Crippen molar-refractivity contribution in [2.24, 2.45) is 0 Å². The Morgan fingerprint density at radius 3 is 3.00 bits per heavy atom. The highest BCUT2D eigenvalue weighted by molar-refractivity contribution is 5.44. The molecule has 5 heteroatoms. The SMILES string of the molecule is Fc1ccc(F)c(NCC2CCOCO2)c1. The van der Waals surface area contributed by atoms with E-state index in [1.54, 1.807) is 0 Å². The minimum atomic E-state index is -0.464. The van der Waals surface area contributed by atoms with Crippen LogP contribution in [0.3, 0.4) is 0 Å². The lowest BCUT2D eigenvalue weighted by atomic mass is 10.2. The van der Waals surface area contributed by atoms with Gasteiger partial charge in [0.25, 0.3) is 0 Å². The summed E-state index contributed by atoms with van der Waals surface area (Å²) in [7, 11) is 0. The van der Waals surface area contributed by atoms with E-state index in [1.807, 2.05) is 0 Å². The first-order valence-electron chi connectivity index (χ1n) is 5.14. The Morgan fingerprint density at radius 1 is 1.38 bits per heavy atom. The standard InChI is InChI=1S/C11H13F2NO2/c12-8-1-2-10(13)11(5-8)14-6-9-3-4-15-7-16-9/h1-2,5,9,14H,3-4,6-7H2. The molecule has 1 heterocycles. The van der Waals surface area contributed by atoms with Crippen molar-refractivity contribution in [1.29, 1.82) is 0 Å². The van der Waals surface area contributed by atoms with Gasteiger partial charge in [0.05, 0.1) is 18.4 Å². The van der Waals surface area contributed by atoms with Crippen LogP contribution in [0.2, 0.25) is 0 Å². The first-order valence-corrected chi connectivity index (χ1v) is 5.14. The molecule has 0 aliphatic carbocycles. The Labute approximate surface area is 92.4 Å². The van der Waals surface area contributed by atoms with Crippen molar-refractivity contribution in [2.75, 3.05) is 25.3 Å². The fourth-order valence-electron chi connectivity index (χ4n) is 1.52. The second-order valence-corrected chi connectivity index (χ2v) is 3.61. The van der Waals surface area contributed by atoms with E-state index in [2.05, 4.69) is 5.32 Å². The number of halogens is 2. The highest BCUT2D eigenvalue weighted by Gasteiger charge is 2.14. The van der Waals surface area contributed by atoms with Gasteiger partial charge in [-0.15, -0.1) is 0 Å². The normalized spacial score (nSPS) is 20.8. The van der Waals surface area contributed by atoms with Crippen LogP contribution in [0, 0.1) is 11.6 Å². The molecule has 3 nitrogen and oxygen atoms in total. The fraction of sp³-hybridized carbons (Fsp3) is 0.455. The van der Waals surface area contributed by atoms with Crippen molar-refractivity contribution < 1.29 is 18.3 Å². The molecule has 0 radical (unpaired) electrons. The van der Waals surface area contributed by atoms with Crippen LogP contribution < -0.4 is 5.32 Å². The predicted octanol–water partition coefficient (Wildman–Crippen LogP) is 2.14. The molecule has 0 spiro atoms. The zero-order valence-corrected chi connectivity index (χ0v) is 8.71. The number of anilines is 1. The van der Waals surface area contributed by atoms with Gasteiger partial charge >= 0.3 is 0 Å². The highest BCUT2D eigenvalue weighted by Crippen LogP contribution is 2.16. The molecule has 1 aromatic rings. The van der Waals surface area contributed by atoms with Crippen LogP contribution in [0.5, 0.6) is 0 Å². The van der Waals surface area contributed by atoms with Gasteiger partial charge in [0.15, 0.2) is 0 Å². The van der Waals surface area contributed by atoms with Crippen LogP contribution in [0.25, 0.3) is 0 Å². The van der Waals surface area contributed by atoms with E-state index in [1.165, 1.54) is 0 Å². The van der Waals surface area contributed by atoms with Crippen LogP contribution in [-0.4, -0.2) is 26.0 Å². The zero-order chi connectivity index (χ0) is 11.4. The molecule has 0 amide bonds. The van der Waals surface area contributed by atoms with Gasteiger partial charge in [-0.1, -0.05) is 0 Å². The van der Waals surface area contributed by atoms with E-state index in [0.717, 1.165) is 24.6 Å². The molecular weight excluding hydrogens is 216 g/mol. The van der Waals surface area contributed by atoms with Crippen LogP contribution >= 0.6 is 0 Å². The van der Waals surface area contributed by atoms with E-state index in [9.17, 15) is 8.78 Å². The molecule has 0 bridgehead atoms. The molecule has 2 rings (SSSR count). The van der Waals surface area contributed by atoms with Crippen LogP contribution in [0.4, 0.5) is 14.5 Å². The zero-order valence-electron chi connectivity index (χ0n) is 8.71. The lowest BCUT2D eigenvalue weighted by molar-refractivity contribution is -0.133. The molecule has 1 fully saturated rings. The number of benzene rings is 1. The van der Waals surface area contributed by atoms with Crippen LogP contribution in [0.15, 0.2) is 18.2 Å². The molecule has 88 valence electrons. The minimum absolute atomic E-state index is 0.0172. The van der Waals surface area contributed by atoms with E-state index in [-0.39, 0.29) is 18.6 Å². The van der Waals surface area contributed by atoms with Crippen molar-refractivity contribution >= 4 is 5.69 Å². The first kappa shape index (κ1) is 11.3. The number of rotatable bonds is 3. The number of hydrogen-bond donors (Lipinski definition) is 1. The van der Waals surface area contributed by atoms with Gasteiger partial charge in [-0.2, -0.15) is 0 Å². The lowest BCUT2D eigenvalue weighted by Crippen LogP contribution is -2.30. The summed E-state index contributed by atoms with van der Waals surface area (Å²) in [5.41, 5.74) is 0.162. The van der Waals surface area contributed by atoms with E-state index < -0.39 is 11.6 Å². The summed E-state index contributed by atoms with van der Waals surface area (Å²) in [6.07, 6.45) is 0.737. The topological polar surface area (TPSA) is 30.5 Å². The smallest absolute Gasteiger partial charge is 0.147 e. The molecule has 1 N–H and O–H groups in total. The monoisotopic (exact) mass is 229 g/mol. The molecule has 16 heavy (non-hydrogen) atoms. The van der Waals surface area contributed by atoms with Gasteiger partial charge in [0.1, 0.15) is 18.4 Å². The molecule has 1 saturated heterocycles. The van der Waals surface area contributed by atoms with Gasteiger partial charge in [-0.05, 0) is 24.6 Å². The summed E-state index contributed by atoms with van der Waals surface area (Å²) in [4.78, 5) is 0. The van der Waals surface area contributed by atoms with Gasteiger partial charge in [-0.3, -0.25) is 0 Å². The van der Waals surface area contributed by atoms with E-state index >= 15 is 0 Å². The maximum Gasteiger partial charge on any atom is 0.147 e. The van der Waals surface area contributed by atoms with E-state index in [4.69, 9.17) is 9.47 Å². The lowest BCUT2D eigenvalue weighted by Gasteiger charge is -2.23. The summed E-state index contributed by atoms with van der Waals surface area (Å²) in [6, 6.07) is 3.32. The third-order valence-corrected chi connectivity index (χ3v) is 2.42. The van der Waals surface area contributed by atoms with Gasteiger partial charge in [0.2, 0.25) is 0 Å². The molecule has 1 aliphatic heterocycles. The van der Waals surface area contributed by atoms with Crippen LogP contribution in [0.1, 0.15) is 6.42 Å². The average molecular weight is 229 g/mol. The van der Waals surface area contributed by atoms with Crippen molar-refractivity contribution in [3.05, 3.63) is 29.8 Å². The Morgan fingerprint density at radius 2 is 2.25 bits per heavy atom. The summed E-state index contributed by atoms with van der Waals surface area (Å²) >= 11 is 0. The van der Waals surface area contributed by atoms with Crippen molar-refractivity contribution in [3.8, 4) is 0 Å². The summed E-state index contributed by atoms with van der Waals surface area (Å²) in [5, 5.41) is 2.83. The Hall–Kier alpha value is -1.20. The Balaban J connectivity index is 1.90. The van der Waals surface area contributed by atoms with Gasteiger partial charge in [0, 0.05) is 6.54 Å². The quantitative estimate of drug-likeness (QED) is 0.861. The summed E-state index contributed by atoms with van der Waals surface area (Å²) in [5.74, 6) is -0.926. The van der Waals surface area contributed by atoms with Gasteiger partial charge < -0.3 is 14.8 Å². The number of ether oxygens (including phenoxy) is 2. The Bertz CT molecular complexity index is 354. The maximum atomic E-state index is 13.2. The highest BCUT2D eigenvalue weighted by atomic mass is 19.1. The largest absolute Gasteiger partial charge is 0.380 e. The van der Waals surface area contributed by atoms with Gasteiger partial charge in [-0.25, -0.2) is 8.78 Å². The summed E-state index contributed by atoms with van der Waals surface area (Å²) in [6.45, 7) is 1.35. The molecule has 1 unspecified atom stereocenters. The van der Waals surface area contributed by atoms with E-state index in [0.29, 0.717) is 13.2 Å². The molecule has 0 aromatic heterocycles. The van der Waals surface area contributed by atoms with Crippen molar-refractivity contribution in [3.63, 3.8) is 0 Å². The molecule has 1 atom stereocenters. The number of hydrogen-bond acceptors (Lipinski definition) is 3. The second kappa shape index (κ2) is 5.23. The molecule has 0 saturated carbocycles. The molecule has 1 aromatic carbocycles. The third kappa shape index (κ3) is 2.90. The van der Waals surface area contributed by atoms with Crippen LogP contribution in [-0.2, 0) is 9.47 Å². The average Bonchev–Trinajstić information content (AvgIpc) is 2.32. The summed E-state index contributed by atoms with van der Waals surface area (Å²) < 4.78 is 36.4. The Kier molecular flexibility index (Phi) is 3.69. The maximum absolute atomic E-state index is 13.2.